The Hall–Kier alpha value is -3.90. The summed E-state index contributed by atoms with van der Waals surface area (Å²) in [5.41, 5.74) is 3.34. The van der Waals surface area contributed by atoms with E-state index in [2.05, 4.69) is 6.58 Å². The first kappa shape index (κ1) is 27.7. The molecule has 194 valence electrons. The number of hydrogen-bond acceptors (Lipinski definition) is 5. The summed E-state index contributed by atoms with van der Waals surface area (Å²) in [6.45, 7) is 9.97. The maximum absolute atomic E-state index is 13.0. The SMILES string of the molecule is C=CC(=O)N(C)c1cc(C(OC(=O)C(C)(C)C)c2ccccc2)cc(N(CCO)Cc2ccccc2)c1. The lowest BCUT2D eigenvalue weighted by Gasteiger charge is -2.29. The number of hydrogen-bond donors (Lipinski definition) is 1. The smallest absolute Gasteiger partial charge is 0.312 e. The van der Waals surface area contributed by atoms with Crippen LogP contribution in [-0.4, -0.2) is 37.2 Å². The Morgan fingerprint density at radius 2 is 1.54 bits per heavy atom. The molecule has 0 aliphatic heterocycles. The van der Waals surface area contributed by atoms with E-state index in [9.17, 15) is 14.7 Å². The second kappa shape index (κ2) is 12.4. The van der Waals surface area contributed by atoms with Gasteiger partial charge in [-0.05, 0) is 56.2 Å². The van der Waals surface area contributed by atoms with Crippen molar-refractivity contribution in [1.29, 1.82) is 0 Å². The third-order valence-corrected chi connectivity index (χ3v) is 6.01. The standard InChI is InChI=1S/C31H36N2O4/c1-6-28(35)32(5)26-19-25(29(24-15-11-8-12-16-24)37-30(36)31(2,3)4)20-27(21-26)33(17-18-34)22-23-13-9-7-10-14-23/h6-16,19-21,29,34H,1,17-18,22H2,2-5H3. The Labute approximate surface area is 219 Å². The van der Waals surface area contributed by atoms with E-state index >= 15 is 0 Å². The highest BCUT2D eigenvalue weighted by Gasteiger charge is 2.29. The number of benzene rings is 3. The molecule has 0 aromatic heterocycles. The minimum Gasteiger partial charge on any atom is -0.452 e. The second-order valence-corrected chi connectivity index (χ2v) is 9.96. The van der Waals surface area contributed by atoms with Crippen molar-refractivity contribution in [2.45, 2.75) is 33.4 Å². The zero-order chi connectivity index (χ0) is 27.0. The van der Waals surface area contributed by atoms with Crippen molar-refractivity contribution in [1.82, 2.24) is 0 Å². The van der Waals surface area contributed by atoms with E-state index in [1.807, 2.05) is 105 Å². The Balaban J connectivity index is 2.17. The average molecular weight is 501 g/mol. The fourth-order valence-corrected chi connectivity index (χ4v) is 3.87. The highest BCUT2D eigenvalue weighted by Crippen LogP contribution is 2.35. The number of carbonyl (C=O) groups excluding carboxylic acids is 2. The summed E-state index contributed by atoms with van der Waals surface area (Å²) >= 11 is 0. The molecule has 6 heteroatoms. The van der Waals surface area contributed by atoms with E-state index in [4.69, 9.17) is 4.74 Å². The van der Waals surface area contributed by atoms with Gasteiger partial charge in [0.25, 0.3) is 0 Å². The van der Waals surface area contributed by atoms with Crippen molar-refractivity contribution in [3.8, 4) is 0 Å². The maximum Gasteiger partial charge on any atom is 0.312 e. The molecule has 0 fully saturated rings. The first-order valence-corrected chi connectivity index (χ1v) is 12.3. The summed E-state index contributed by atoms with van der Waals surface area (Å²) in [6, 6.07) is 25.2. The van der Waals surface area contributed by atoms with Gasteiger partial charge in [-0.3, -0.25) is 9.59 Å². The van der Waals surface area contributed by atoms with Crippen molar-refractivity contribution in [2.75, 3.05) is 30.0 Å². The van der Waals surface area contributed by atoms with Crippen LogP contribution in [0.15, 0.2) is 91.5 Å². The van der Waals surface area contributed by atoms with Crippen molar-refractivity contribution in [2.24, 2.45) is 5.41 Å². The summed E-state index contributed by atoms with van der Waals surface area (Å²) in [7, 11) is 1.68. The first-order chi connectivity index (χ1) is 17.6. The number of amides is 1. The Bertz CT molecular complexity index is 1200. The van der Waals surface area contributed by atoms with Crippen LogP contribution in [0, 0.1) is 5.41 Å². The molecular formula is C31H36N2O4. The highest BCUT2D eigenvalue weighted by atomic mass is 16.5. The first-order valence-electron chi connectivity index (χ1n) is 12.3. The number of nitrogens with zero attached hydrogens (tertiary/aromatic N) is 2. The number of rotatable bonds is 10. The molecule has 1 amide bonds. The van der Waals surface area contributed by atoms with Crippen LogP contribution in [0.25, 0.3) is 0 Å². The average Bonchev–Trinajstić information content (AvgIpc) is 2.90. The van der Waals surface area contributed by atoms with Crippen LogP contribution in [0.3, 0.4) is 0 Å². The lowest BCUT2D eigenvalue weighted by molar-refractivity contribution is -0.157. The third kappa shape index (κ3) is 7.30. The van der Waals surface area contributed by atoms with Gasteiger partial charge in [-0.15, -0.1) is 0 Å². The molecule has 3 aromatic carbocycles. The largest absolute Gasteiger partial charge is 0.452 e. The maximum atomic E-state index is 13.0. The van der Waals surface area contributed by atoms with E-state index in [1.165, 1.54) is 11.0 Å². The van der Waals surface area contributed by atoms with Crippen LogP contribution in [0.4, 0.5) is 11.4 Å². The van der Waals surface area contributed by atoms with Crippen molar-refractivity contribution >= 4 is 23.3 Å². The van der Waals surface area contributed by atoms with Gasteiger partial charge in [0.2, 0.25) is 5.91 Å². The lowest BCUT2D eigenvalue weighted by atomic mass is 9.95. The van der Waals surface area contributed by atoms with Crippen molar-refractivity contribution < 1.29 is 19.4 Å². The molecule has 0 radical (unpaired) electrons. The number of esters is 1. The van der Waals surface area contributed by atoms with Gasteiger partial charge >= 0.3 is 5.97 Å². The predicted octanol–water partition coefficient (Wildman–Crippen LogP) is 5.51. The van der Waals surface area contributed by atoms with Crippen molar-refractivity contribution in [3.05, 3.63) is 108 Å². The Morgan fingerprint density at radius 1 is 0.946 bits per heavy atom. The summed E-state index contributed by atoms with van der Waals surface area (Å²) < 4.78 is 6.09. The number of anilines is 2. The number of ether oxygens (including phenoxy) is 1. The van der Waals surface area contributed by atoms with Gasteiger partial charge in [0, 0.05) is 37.1 Å². The molecule has 3 rings (SSSR count). The summed E-state index contributed by atoms with van der Waals surface area (Å²) in [5.74, 6) is -0.594. The molecule has 3 aromatic rings. The van der Waals surface area contributed by atoms with Gasteiger partial charge in [0.05, 0.1) is 12.0 Å². The van der Waals surface area contributed by atoms with Gasteiger partial charge in [0.1, 0.15) is 0 Å². The van der Waals surface area contributed by atoms with Gasteiger partial charge in [-0.1, -0.05) is 67.2 Å². The Morgan fingerprint density at radius 3 is 2.11 bits per heavy atom. The molecule has 0 aliphatic rings. The van der Waals surface area contributed by atoms with E-state index < -0.39 is 11.5 Å². The van der Waals surface area contributed by atoms with Crippen LogP contribution < -0.4 is 9.80 Å². The van der Waals surface area contributed by atoms with Crippen LogP contribution in [0.2, 0.25) is 0 Å². The topological polar surface area (TPSA) is 70.1 Å². The number of carbonyl (C=O) groups is 2. The van der Waals surface area contributed by atoms with E-state index in [1.54, 1.807) is 7.05 Å². The lowest BCUT2D eigenvalue weighted by Crippen LogP contribution is -2.29. The van der Waals surface area contributed by atoms with E-state index in [0.717, 1.165) is 22.4 Å². The molecule has 1 N–H and O–H groups in total. The molecule has 37 heavy (non-hydrogen) atoms. The molecular weight excluding hydrogens is 464 g/mol. The van der Waals surface area contributed by atoms with E-state index in [-0.39, 0.29) is 18.5 Å². The highest BCUT2D eigenvalue weighted by molar-refractivity contribution is 6.01. The number of aliphatic hydroxyl groups excluding tert-OH is 1. The number of aliphatic hydroxyl groups is 1. The number of likely N-dealkylation sites (N-methyl/N-ethyl adjacent to an activating group) is 1. The molecule has 0 aliphatic carbocycles. The predicted molar refractivity (Wildman–Crippen MR) is 148 cm³/mol. The second-order valence-electron chi connectivity index (χ2n) is 9.96. The van der Waals surface area contributed by atoms with Crippen LogP contribution in [-0.2, 0) is 20.9 Å². The normalized spacial score (nSPS) is 11.9. The zero-order valence-electron chi connectivity index (χ0n) is 22.1. The van der Waals surface area contributed by atoms with Crippen LogP contribution in [0.5, 0.6) is 0 Å². The summed E-state index contributed by atoms with van der Waals surface area (Å²) in [5, 5.41) is 9.86. The van der Waals surface area contributed by atoms with Crippen LogP contribution in [0.1, 0.15) is 43.6 Å². The minimum atomic E-state index is -0.695. The van der Waals surface area contributed by atoms with Crippen LogP contribution >= 0.6 is 0 Å². The van der Waals surface area contributed by atoms with Gasteiger partial charge < -0.3 is 19.6 Å². The fourth-order valence-electron chi connectivity index (χ4n) is 3.87. The third-order valence-electron chi connectivity index (χ3n) is 6.01. The molecule has 0 saturated heterocycles. The molecule has 1 atom stereocenters. The fraction of sp³-hybridized carbons (Fsp3) is 0.290. The van der Waals surface area contributed by atoms with Crippen molar-refractivity contribution in [3.63, 3.8) is 0 Å². The quantitative estimate of drug-likeness (QED) is 0.294. The summed E-state index contributed by atoms with van der Waals surface area (Å²) in [4.78, 5) is 29.1. The minimum absolute atomic E-state index is 0.0467. The monoisotopic (exact) mass is 500 g/mol. The van der Waals surface area contributed by atoms with Gasteiger partial charge in [0.15, 0.2) is 6.10 Å². The molecule has 0 bridgehead atoms. The molecule has 0 saturated carbocycles. The molecule has 0 spiro atoms. The molecule has 1 unspecified atom stereocenters. The Kier molecular flexibility index (Phi) is 9.25. The zero-order valence-corrected chi connectivity index (χ0v) is 22.1. The van der Waals surface area contributed by atoms with E-state index in [0.29, 0.717) is 18.8 Å². The molecule has 6 nitrogen and oxygen atoms in total. The summed E-state index contributed by atoms with van der Waals surface area (Å²) in [6.07, 6.45) is 0.572. The molecule has 0 heterocycles. The van der Waals surface area contributed by atoms with Gasteiger partial charge in [-0.2, -0.15) is 0 Å². The van der Waals surface area contributed by atoms with Gasteiger partial charge in [-0.25, -0.2) is 0 Å².